The lowest BCUT2D eigenvalue weighted by Gasteiger charge is -2.28. The Labute approximate surface area is 315 Å². The molecular formula is C52H36N2. The first-order valence-electron chi connectivity index (χ1n) is 18.5. The molecule has 0 saturated carbocycles. The standard InChI is InChI=1S/C52H36N2/c1-4-15-37(16-5-1)40-29-31-46(32-30-40)53(50-25-14-26-51-52(50)48-23-12-13-24-49(48)54(51)45-21-8-3-9-22-45)47-35-43(38-17-6-2-7-18-38)34-44(36-47)42-28-27-39-19-10-11-20-41(39)33-42/h1-36H. The van der Waals surface area contributed by atoms with E-state index in [0.29, 0.717) is 0 Å². The summed E-state index contributed by atoms with van der Waals surface area (Å²) in [7, 11) is 0. The van der Waals surface area contributed by atoms with E-state index in [4.69, 9.17) is 0 Å². The predicted octanol–water partition coefficient (Wildman–Crippen LogP) is 14.4. The normalized spacial score (nSPS) is 11.3. The molecule has 1 aromatic heterocycles. The molecule has 0 aliphatic carbocycles. The minimum Gasteiger partial charge on any atom is -0.310 e. The highest BCUT2D eigenvalue weighted by molar-refractivity contribution is 6.16. The van der Waals surface area contributed by atoms with Crippen molar-refractivity contribution >= 4 is 49.6 Å². The minimum absolute atomic E-state index is 1.09. The molecule has 1 heterocycles. The van der Waals surface area contributed by atoms with E-state index in [1.807, 2.05) is 0 Å². The first-order valence-corrected chi connectivity index (χ1v) is 18.5. The number of hydrogen-bond donors (Lipinski definition) is 0. The minimum atomic E-state index is 1.09. The molecule has 0 amide bonds. The highest BCUT2D eigenvalue weighted by Gasteiger charge is 2.22. The van der Waals surface area contributed by atoms with Gasteiger partial charge in [-0.1, -0.05) is 152 Å². The number of aromatic nitrogens is 1. The van der Waals surface area contributed by atoms with E-state index in [9.17, 15) is 0 Å². The smallest absolute Gasteiger partial charge is 0.0562 e. The third kappa shape index (κ3) is 5.62. The summed E-state index contributed by atoms with van der Waals surface area (Å²) in [5, 5.41) is 4.89. The van der Waals surface area contributed by atoms with Gasteiger partial charge in [-0.3, -0.25) is 0 Å². The number of para-hydroxylation sites is 2. The lowest BCUT2D eigenvalue weighted by molar-refractivity contribution is 1.18. The lowest BCUT2D eigenvalue weighted by Crippen LogP contribution is -2.11. The van der Waals surface area contributed by atoms with Crippen LogP contribution in [0.25, 0.3) is 71.6 Å². The van der Waals surface area contributed by atoms with Crippen molar-refractivity contribution in [3.63, 3.8) is 0 Å². The van der Waals surface area contributed by atoms with Crippen molar-refractivity contribution in [2.24, 2.45) is 0 Å². The quantitative estimate of drug-likeness (QED) is 0.162. The van der Waals surface area contributed by atoms with Gasteiger partial charge in [0.2, 0.25) is 0 Å². The van der Waals surface area contributed by atoms with Crippen molar-refractivity contribution in [2.45, 2.75) is 0 Å². The molecule has 0 aliphatic rings. The summed E-state index contributed by atoms with van der Waals surface area (Å²) in [5.74, 6) is 0. The Morgan fingerprint density at radius 3 is 1.61 bits per heavy atom. The van der Waals surface area contributed by atoms with Crippen LogP contribution in [0.1, 0.15) is 0 Å². The van der Waals surface area contributed by atoms with Gasteiger partial charge in [-0.2, -0.15) is 0 Å². The van der Waals surface area contributed by atoms with Crippen LogP contribution in [0.4, 0.5) is 17.1 Å². The molecule has 54 heavy (non-hydrogen) atoms. The monoisotopic (exact) mass is 688 g/mol. The maximum Gasteiger partial charge on any atom is 0.0562 e. The van der Waals surface area contributed by atoms with E-state index in [1.165, 1.54) is 66.0 Å². The van der Waals surface area contributed by atoms with Crippen LogP contribution in [0.15, 0.2) is 218 Å². The molecule has 0 bridgehead atoms. The average molecular weight is 689 g/mol. The second-order valence-electron chi connectivity index (χ2n) is 13.8. The Hall–Kier alpha value is -7.16. The fraction of sp³-hybridized carbons (Fsp3) is 0. The van der Waals surface area contributed by atoms with Crippen LogP contribution in [0.5, 0.6) is 0 Å². The Morgan fingerprint density at radius 1 is 0.315 bits per heavy atom. The molecule has 2 heteroatoms. The average Bonchev–Trinajstić information content (AvgIpc) is 3.60. The fourth-order valence-electron chi connectivity index (χ4n) is 7.98. The fourth-order valence-corrected chi connectivity index (χ4v) is 7.98. The van der Waals surface area contributed by atoms with Gasteiger partial charge in [0.25, 0.3) is 0 Å². The molecular weight excluding hydrogens is 653 g/mol. The molecule has 0 atom stereocenters. The maximum absolute atomic E-state index is 2.45. The molecule has 0 saturated heterocycles. The van der Waals surface area contributed by atoms with Gasteiger partial charge in [0.15, 0.2) is 0 Å². The maximum atomic E-state index is 2.45. The summed E-state index contributed by atoms with van der Waals surface area (Å²) < 4.78 is 2.39. The van der Waals surface area contributed by atoms with Crippen LogP contribution >= 0.6 is 0 Å². The van der Waals surface area contributed by atoms with E-state index in [-0.39, 0.29) is 0 Å². The molecule has 0 N–H and O–H groups in total. The van der Waals surface area contributed by atoms with Gasteiger partial charge in [0.1, 0.15) is 0 Å². The van der Waals surface area contributed by atoms with Gasteiger partial charge in [-0.25, -0.2) is 0 Å². The van der Waals surface area contributed by atoms with Crippen LogP contribution in [-0.2, 0) is 0 Å². The predicted molar refractivity (Wildman–Crippen MR) is 229 cm³/mol. The third-order valence-electron chi connectivity index (χ3n) is 10.5. The van der Waals surface area contributed by atoms with Gasteiger partial charge in [-0.05, 0) is 111 Å². The van der Waals surface area contributed by atoms with E-state index in [0.717, 1.165) is 22.7 Å². The Balaban J connectivity index is 1.26. The van der Waals surface area contributed by atoms with E-state index >= 15 is 0 Å². The number of nitrogens with zero attached hydrogens (tertiary/aromatic N) is 2. The summed E-state index contributed by atoms with van der Waals surface area (Å²) in [6.45, 7) is 0. The van der Waals surface area contributed by atoms with Gasteiger partial charge in [-0.15, -0.1) is 0 Å². The molecule has 0 radical (unpaired) electrons. The van der Waals surface area contributed by atoms with Crippen molar-refractivity contribution in [3.8, 4) is 39.1 Å². The first kappa shape index (κ1) is 31.6. The van der Waals surface area contributed by atoms with Gasteiger partial charge in [0.05, 0.1) is 16.7 Å². The van der Waals surface area contributed by atoms with E-state index in [1.54, 1.807) is 0 Å². The van der Waals surface area contributed by atoms with Gasteiger partial charge >= 0.3 is 0 Å². The Morgan fingerprint density at radius 2 is 0.870 bits per heavy atom. The van der Waals surface area contributed by atoms with Crippen molar-refractivity contribution in [1.29, 1.82) is 0 Å². The molecule has 254 valence electrons. The largest absolute Gasteiger partial charge is 0.310 e. The number of rotatable bonds is 7. The molecule has 0 unspecified atom stereocenters. The zero-order valence-corrected chi connectivity index (χ0v) is 29.7. The number of benzene rings is 9. The zero-order valence-electron chi connectivity index (χ0n) is 29.7. The topological polar surface area (TPSA) is 8.17 Å². The zero-order chi connectivity index (χ0) is 35.8. The number of fused-ring (bicyclic) bond motifs is 4. The van der Waals surface area contributed by atoms with Crippen molar-refractivity contribution in [3.05, 3.63) is 218 Å². The molecule has 10 rings (SSSR count). The van der Waals surface area contributed by atoms with Crippen molar-refractivity contribution in [1.82, 2.24) is 4.57 Å². The summed E-state index contributed by atoms with van der Waals surface area (Å²) >= 11 is 0. The van der Waals surface area contributed by atoms with Crippen LogP contribution in [0.2, 0.25) is 0 Å². The second kappa shape index (κ2) is 13.4. The lowest BCUT2D eigenvalue weighted by atomic mass is 9.95. The summed E-state index contributed by atoms with van der Waals surface area (Å²) in [6.07, 6.45) is 0. The van der Waals surface area contributed by atoms with Crippen LogP contribution in [0, 0.1) is 0 Å². The molecule has 0 fully saturated rings. The summed E-state index contributed by atoms with van der Waals surface area (Å²) in [6, 6.07) is 79.0. The van der Waals surface area contributed by atoms with E-state index in [2.05, 4.69) is 228 Å². The number of anilines is 3. The third-order valence-corrected chi connectivity index (χ3v) is 10.5. The van der Waals surface area contributed by atoms with Crippen molar-refractivity contribution in [2.75, 3.05) is 4.90 Å². The molecule has 0 aliphatic heterocycles. The highest BCUT2D eigenvalue weighted by atomic mass is 15.1. The Kier molecular flexibility index (Phi) is 7.85. The first-order chi connectivity index (χ1) is 26.8. The summed E-state index contributed by atoms with van der Waals surface area (Å²) in [4.78, 5) is 2.45. The molecule has 10 aromatic rings. The van der Waals surface area contributed by atoms with Crippen LogP contribution in [0.3, 0.4) is 0 Å². The highest BCUT2D eigenvalue weighted by Crippen LogP contribution is 2.46. The molecule has 9 aromatic carbocycles. The second-order valence-corrected chi connectivity index (χ2v) is 13.8. The number of hydrogen-bond acceptors (Lipinski definition) is 1. The van der Waals surface area contributed by atoms with Crippen molar-refractivity contribution < 1.29 is 0 Å². The molecule has 0 spiro atoms. The Bertz CT molecular complexity index is 2910. The van der Waals surface area contributed by atoms with E-state index < -0.39 is 0 Å². The van der Waals surface area contributed by atoms with Gasteiger partial charge < -0.3 is 9.47 Å². The van der Waals surface area contributed by atoms with Crippen LogP contribution in [-0.4, -0.2) is 4.57 Å². The molecule has 2 nitrogen and oxygen atoms in total. The van der Waals surface area contributed by atoms with Crippen LogP contribution < -0.4 is 4.90 Å². The summed E-state index contributed by atoms with van der Waals surface area (Å²) in [5.41, 5.74) is 13.9. The van der Waals surface area contributed by atoms with Gasteiger partial charge in [0, 0.05) is 27.8 Å². The SMILES string of the molecule is c1ccc(-c2ccc(N(c3cc(-c4ccccc4)cc(-c4ccc5ccccc5c4)c3)c3cccc4c3c3ccccc3n4-c3ccccc3)cc2)cc1.